The third kappa shape index (κ3) is 5.92. The largest absolute Gasteiger partial charge is 0.665 e. The van der Waals surface area contributed by atoms with Crippen LogP contribution in [0.1, 0.15) is 6.42 Å². The van der Waals surface area contributed by atoms with E-state index in [1.54, 1.807) is 0 Å². The van der Waals surface area contributed by atoms with Gasteiger partial charge in [-0.05, 0) is 13.6 Å². The van der Waals surface area contributed by atoms with Gasteiger partial charge >= 0.3 is 0 Å². The lowest BCUT2D eigenvalue weighted by atomic mass is 10.4. The molecule has 0 saturated carbocycles. The summed E-state index contributed by atoms with van der Waals surface area (Å²) in [5.74, 6) is 0. The van der Waals surface area contributed by atoms with E-state index in [9.17, 15) is 0 Å². The standard InChI is InChI=1S/C5H13N2/c1-6-4-3-5-7-2/h6H,3-5H2,1-2H3/q-1. The molecule has 0 amide bonds. The topological polar surface area (TPSA) is 26.1 Å². The molecule has 0 radical (unpaired) electrons. The molecule has 0 heterocycles. The maximum atomic E-state index is 3.93. The fraction of sp³-hybridized carbons (Fsp3) is 1.00. The van der Waals surface area contributed by atoms with Crippen LogP contribution in [0.5, 0.6) is 0 Å². The molecular formula is C5H13N2-. The Morgan fingerprint density at radius 1 is 1.57 bits per heavy atom. The van der Waals surface area contributed by atoms with Gasteiger partial charge in [0.05, 0.1) is 0 Å². The number of hydrogen-bond donors (Lipinski definition) is 1. The number of rotatable bonds is 4. The van der Waals surface area contributed by atoms with Crippen molar-refractivity contribution in [2.24, 2.45) is 0 Å². The third-order valence-electron chi connectivity index (χ3n) is 0.808. The molecule has 0 saturated heterocycles. The zero-order valence-corrected chi connectivity index (χ0v) is 5.07. The molecule has 44 valence electrons. The number of hydrogen-bond acceptors (Lipinski definition) is 1. The molecule has 0 aromatic carbocycles. The smallest absolute Gasteiger partial charge is 0.00683 e. The van der Waals surface area contributed by atoms with Gasteiger partial charge in [-0.3, -0.25) is 0 Å². The summed E-state index contributed by atoms with van der Waals surface area (Å²) >= 11 is 0. The minimum absolute atomic E-state index is 0.987. The lowest BCUT2D eigenvalue weighted by Crippen LogP contribution is -2.08. The zero-order valence-electron chi connectivity index (χ0n) is 5.07. The molecule has 0 unspecified atom stereocenters. The highest BCUT2D eigenvalue weighted by atomic mass is 14.8. The third-order valence-corrected chi connectivity index (χ3v) is 0.808. The summed E-state index contributed by atoms with van der Waals surface area (Å²) in [6.07, 6.45) is 1.16. The Labute approximate surface area is 45.3 Å². The fourth-order valence-corrected chi connectivity index (χ4v) is 0.414. The van der Waals surface area contributed by atoms with E-state index in [-0.39, 0.29) is 0 Å². The van der Waals surface area contributed by atoms with E-state index in [2.05, 4.69) is 10.6 Å². The van der Waals surface area contributed by atoms with Gasteiger partial charge in [0.1, 0.15) is 0 Å². The molecule has 2 heteroatoms. The number of nitrogens with zero attached hydrogens (tertiary/aromatic N) is 1. The first-order chi connectivity index (χ1) is 3.41. The van der Waals surface area contributed by atoms with Gasteiger partial charge in [0.2, 0.25) is 0 Å². The van der Waals surface area contributed by atoms with Crippen molar-refractivity contribution in [1.29, 1.82) is 0 Å². The second-order valence-corrected chi connectivity index (χ2v) is 1.50. The first-order valence-electron chi connectivity index (χ1n) is 2.62. The second-order valence-electron chi connectivity index (χ2n) is 1.50. The molecule has 0 aromatic heterocycles. The Hall–Kier alpha value is -0.0800. The normalized spacial score (nSPS) is 9.43. The van der Waals surface area contributed by atoms with Crippen LogP contribution in [0.25, 0.3) is 5.32 Å². The SMILES string of the molecule is C[N-]CCCNC. The van der Waals surface area contributed by atoms with Crippen LogP contribution < -0.4 is 5.32 Å². The molecule has 0 aliphatic rings. The zero-order chi connectivity index (χ0) is 5.54. The maximum Gasteiger partial charge on any atom is -0.00683 e. The van der Waals surface area contributed by atoms with Crippen molar-refractivity contribution in [3.63, 3.8) is 0 Å². The Balaban J connectivity index is 2.45. The van der Waals surface area contributed by atoms with E-state index >= 15 is 0 Å². The number of nitrogens with one attached hydrogen (secondary N) is 1. The van der Waals surface area contributed by atoms with Crippen LogP contribution >= 0.6 is 0 Å². The van der Waals surface area contributed by atoms with Gasteiger partial charge in [0.15, 0.2) is 0 Å². The lowest BCUT2D eigenvalue weighted by molar-refractivity contribution is 0.754. The molecule has 0 fully saturated rings. The van der Waals surface area contributed by atoms with Gasteiger partial charge in [-0.25, -0.2) is 0 Å². The summed E-state index contributed by atoms with van der Waals surface area (Å²) < 4.78 is 0. The Morgan fingerprint density at radius 3 is 2.71 bits per heavy atom. The molecule has 0 aliphatic carbocycles. The van der Waals surface area contributed by atoms with Crippen LogP contribution in [0.4, 0.5) is 0 Å². The summed E-state index contributed by atoms with van der Waals surface area (Å²) in [5, 5.41) is 6.98. The quantitative estimate of drug-likeness (QED) is 0.515. The van der Waals surface area contributed by atoms with E-state index in [1.165, 1.54) is 0 Å². The molecule has 2 nitrogen and oxygen atoms in total. The van der Waals surface area contributed by atoms with Crippen LogP contribution in [-0.2, 0) is 0 Å². The van der Waals surface area contributed by atoms with Crippen LogP contribution in [0.3, 0.4) is 0 Å². The monoisotopic (exact) mass is 101 g/mol. The second kappa shape index (κ2) is 5.92. The summed E-state index contributed by atoms with van der Waals surface area (Å²) in [7, 11) is 3.80. The Bertz CT molecular complexity index is 25.3. The van der Waals surface area contributed by atoms with Gasteiger partial charge in [-0.1, -0.05) is 6.42 Å². The van der Waals surface area contributed by atoms with Crippen molar-refractivity contribution in [2.75, 3.05) is 27.2 Å². The highest BCUT2D eigenvalue weighted by Gasteiger charge is 1.70. The van der Waals surface area contributed by atoms with Crippen molar-refractivity contribution in [1.82, 2.24) is 5.32 Å². The van der Waals surface area contributed by atoms with Gasteiger partial charge in [-0.15, -0.1) is 6.54 Å². The fourth-order valence-electron chi connectivity index (χ4n) is 0.414. The minimum atomic E-state index is 0.987. The first-order valence-corrected chi connectivity index (χ1v) is 2.62. The average Bonchev–Trinajstić information content (AvgIpc) is 1.69. The Kier molecular flexibility index (Phi) is 5.85. The van der Waals surface area contributed by atoms with Gasteiger partial charge < -0.3 is 10.6 Å². The van der Waals surface area contributed by atoms with Crippen LogP contribution in [0.15, 0.2) is 0 Å². The minimum Gasteiger partial charge on any atom is -0.665 e. The lowest BCUT2D eigenvalue weighted by Gasteiger charge is -2.08. The molecule has 0 bridgehead atoms. The first kappa shape index (κ1) is 6.92. The predicted molar refractivity (Wildman–Crippen MR) is 32.7 cm³/mol. The summed E-state index contributed by atoms with van der Waals surface area (Å²) in [5.41, 5.74) is 0. The van der Waals surface area contributed by atoms with Crippen LogP contribution in [-0.4, -0.2) is 27.2 Å². The van der Waals surface area contributed by atoms with Gasteiger partial charge in [-0.2, -0.15) is 7.05 Å². The predicted octanol–water partition coefficient (Wildman–Crippen LogP) is 0.599. The molecule has 1 N–H and O–H groups in total. The van der Waals surface area contributed by atoms with Crippen molar-refractivity contribution >= 4 is 0 Å². The van der Waals surface area contributed by atoms with Crippen LogP contribution in [0, 0.1) is 0 Å². The highest BCUT2D eigenvalue weighted by molar-refractivity contribution is 4.68. The highest BCUT2D eigenvalue weighted by Crippen LogP contribution is 1.80. The molecule has 7 heavy (non-hydrogen) atoms. The molecule has 0 rings (SSSR count). The summed E-state index contributed by atoms with van der Waals surface area (Å²) in [6, 6.07) is 0. The van der Waals surface area contributed by atoms with Crippen molar-refractivity contribution in [3.05, 3.63) is 5.32 Å². The van der Waals surface area contributed by atoms with Crippen molar-refractivity contribution < 1.29 is 0 Å². The van der Waals surface area contributed by atoms with E-state index < -0.39 is 0 Å². The molecule has 0 atom stereocenters. The van der Waals surface area contributed by atoms with Gasteiger partial charge in [0, 0.05) is 0 Å². The molecular weight excluding hydrogens is 88.1 g/mol. The van der Waals surface area contributed by atoms with Crippen molar-refractivity contribution in [3.8, 4) is 0 Å². The molecule has 0 aliphatic heterocycles. The van der Waals surface area contributed by atoms with Crippen molar-refractivity contribution in [2.45, 2.75) is 6.42 Å². The molecule has 0 aromatic rings. The van der Waals surface area contributed by atoms with E-state index in [1.807, 2.05) is 14.1 Å². The van der Waals surface area contributed by atoms with E-state index in [0.29, 0.717) is 0 Å². The van der Waals surface area contributed by atoms with E-state index in [0.717, 1.165) is 19.5 Å². The summed E-state index contributed by atoms with van der Waals surface area (Å²) in [6.45, 7) is 2.07. The average molecular weight is 101 g/mol. The maximum absolute atomic E-state index is 3.93. The molecule has 0 spiro atoms. The Morgan fingerprint density at radius 2 is 2.29 bits per heavy atom. The summed E-state index contributed by atoms with van der Waals surface area (Å²) in [4.78, 5) is 0. The van der Waals surface area contributed by atoms with Crippen LogP contribution in [0.2, 0.25) is 0 Å². The van der Waals surface area contributed by atoms with Gasteiger partial charge in [0.25, 0.3) is 0 Å². The van der Waals surface area contributed by atoms with E-state index in [4.69, 9.17) is 0 Å².